The highest BCUT2D eigenvalue weighted by molar-refractivity contribution is 7.89. The van der Waals surface area contributed by atoms with E-state index < -0.39 is 10.0 Å². The molecule has 1 saturated heterocycles. The lowest BCUT2D eigenvalue weighted by molar-refractivity contribution is 0.0950. The Morgan fingerprint density at radius 3 is 2.55 bits per heavy atom. The third-order valence-corrected chi connectivity index (χ3v) is 6.90. The maximum absolute atomic E-state index is 12.6. The smallest absolute Gasteiger partial charge is 0.251 e. The summed E-state index contributed by atoms with van der Waals surface area (Å²) in [6.07, 6.45) is 7.61. The highest BCUT2D eigenvalue weighted by atomic mass is 32.2. The van der Waals surface area contributed by atoms with Gasteiger partial charge < -0.3 is 5.32 Å². The number of piperidine rings is 1. The number of sulfonamides is 1. The molecule has 2 aromatic carbocycles. The molecule has 0 spiro atoms. The molecule has 1 fully saturated rings. The van der Waals surface area contributed by atoms with E-state index in [1.165, 1.54) is 42.7 Å². The molecule has 3 rings (SSSR count). The zero-order chi connectivity index (χ0) is 22.3. The van der Waals surface area contributed by atoms with Gasteiger partial charge in [0, 0.05) is 25.2 Å². The van der Waals surface area contributed by atoms with E-state index >= 15 is 0 Å². The minimum Gasteiger partial charge on any atom is -0.348 e. The minimum absolute atomic E-state index is 0.0698. The Morgan fingerprint density at radius 1 is 1.16 bits per heavy atom. The van der Waals surface area contributed by atoms with Crippen LogP contribution in [0.15, 0.2) is 53.4 Å². The molecule has 0 radical (unpaired) electrons. The zero-order valence-electron chi connectivity index (χ0n) is 17.8. The maximum atomic E-state index is 12.6. The van der Waals surface area contributed by atoms with Gasteiger partial charge in [0.05, 0.1) is 11.4 Å². The van der Waals surface area contributed by atoms with Crippen LogP contribution in [0.4, 0.5) is 0 Å². The number of hydrogen-bond donors (Lipinski definition) is 2. The molecule has 31 heavy (non-hydrogen) atoms. The first-order valence-corrected chi connectivity index (χ1v) is 12.0. The Labute approximate surface area is 185 Å². The van der Waals surface area contributed by atoms with Gasteiger partial charge in [-0.15, -0.1) is 6.42 Å². The summed E-state index contributed by atoms with van der Waals surface area (Å²) in [6.45, 7) is 5.72. The topological polar surface area (TPSA) is 78.5 Å². The largest absolute Gasteiger partial charge is 0.348 e. The van der Waals surface area contributed by atoms with Crippen LogP contribution in [0.2, 0.25) is 0 Å². The lowest BCUT2D eigenvalue weighted by atomic mass is 9.99. The Hall–Kier alpha value is -2.66. The molecule has 1 heterocycles. The van der Waals surface area contributed by atoms with Crippen molar-refractivity contribution in [2.24, 2.45) is 5.92 Å². The molecular formula is C24H29N3O3S. The summed E-state index contributed by atoms with van der Waals surface area (Å²) in [5.74, 6) is 2.70. The Morgan fingerprint density at radius 2 is 1.87 bits per heavy atom. The van der Waals surface area contributed by atoms with E-state index in [9.17, 15) is 13.2 Å². The number of carbonyl (C=O) groups excluding carboxylic acids is 1. The van der Waals surface area contributed by atoms with Gasteiger partial charge in [-0.05, 0) is 60.7 Å². The number of amides is 1. The molecule has 164 valence electrons. The molecule has 7 heteroatoms. The summed E-state index contributed by atoms with van der Waals surface area (Å²) in [6, 6.07) is 14.0. The van der Waals surface area contributed by atoms with Crippen molar-refractivity contribution < 1.29 is 13.2 Å². The first-order chi connectivity index (χ1) is 14.9. The van der Waals surface area contributed by atoms with Crippen LogP contribution in [0.5, 0.6) is 0 Å². The van der Waals surface area contributed by atoms with Crippen molar-refractivity contribution in [3.63, 3.8) is 0 Å². The quantitative estimate of drug-likeness (QED) is 0.620. The van der Waals surface area contributed by atoms with Gasteiger partial charge in [0.1, 0.15) is 0 Å². The number of terminal acetylenes is 1. The van der Waals surface area contributed by atoms with Gasteiger partial charge in [-0.1, -0.05) is 37.1 Å². The fourth-order valence-electron chi connectivity index (χ4n) is 3.84. The van der Waals surface area contributed by atoms with E-state index in [1.54, 1.807) is 0 Å². The second-order valence-electron chi connectivity index (χ2n) is 7.99. The third kappa shape index (κ3) is 6.41. The van der Waals surface area contributed by atoms with Crippen LogP contribution in [0.1, 0.15) is 41.3 Å². The predicted molar refractivity (Wildman–Crippen MR) is 122 cm³/mol. The van der Waals surface area contributed by atoms with Gasteiger partial charge in [0.25, 0.3) is 5.91 Å². The number of nitrogens with one attached hydrogen (secondary N) is 2. The van der Waals surface area contributed by atoms with Gasteiger partial charge >= 0.3 is 0 Å². The fraction of sp³-hybridized carbons (Fsp3) is 0.375. The fourth-order valence-corrected chi connectivity index (χ4v) is 4.77. The molecule has 1 atom stereocenters. The van der Waals surface area contributed by atoms with Crippen LogP contribution in [0.3, 0.4) is 0 Å². The second kappa shape index (κ2) is 10.6. The molecule has 0 aliphatic carbocycles. The lowest BCUT2D eigenvalue weighted by Gasteiger charge is -2.31. The predicted octanol–water partition coefficient (Wildman–Crippen LogP) is 2.76. The number of likely N-dealkylation sites (tertiary alicyclic amines) is 1. The van der Waals surface area contributed by atoms with Crippen molar-refractivity contribution >= 4 is 15.9 Å². The van der Waals surface area contributed by atoms with Crippen molar-refractivity contribution in [2.45, 2.75) is 37.8 Å². The Balaban J connectivity index is 1.61. The maximum Gasteiger partial charge on any atom is 0.251 e. The number of hydrogen-bond acceptors (Lipinski definition) is 4. The molecule has 1 aliphatic rings. The molecule has 1 unspecified atom stereocenters. The molecule has 1 amide bonds. The molecule has 2 N–H and O–H groups in total. The van der Waals surface area contributed by atoms with Crippen LogP contribution >= 0.6 is 0 Å². The van der Waals surface area contributed by atoms with Gasteiger partial charge in [-0.3, -0.25) is 9.69 Å². The summed E-state index contributed by atoms with van der Waals surface area (Å²) < 4.78 is 26.5. The number of rotatable bonds is 8. The number of benzene rings is 2. The molecule has 0 bridgehead atoms. The van der Waals surface area contributed by atoms with Crippen molar-refractivity contribution in [2.75, 3.05) is 19.6 Å². The van der Waals surface area contributed by atoms with Gasteiger partial charge in [0.2, 0.25) is 10.0 Å². The van der Waals surface area contributed by atoms with Crippen LogP contribution in [-0.4, -0.2) is 38.9 Å². The van der Waals surface area contributed by atoms with Gasteiger partial charge in [0.15, 0.2) is 0 Å². The van der Waals surface area contributed by atoms with E-state index in [-0.39, 0.29) is 17.3 Å². The second-order valence-corrected chi connectivity index (χ2v) is 9.75. The average molecular weight is 440 g/mol. The number of carbonyl (C=O) groups is 1. The zero-order valence-corrected chi connectivity index (χ0v) is 18.6. The summed E-state index contributed by atoms with van der Waals surface area (Å²) in [7, 11) is -3.67. The molecule has 2 aromatic rings. The van der Waals surface area contributed by atoms with Crippen LogP contribution in [0.25, 0.3) is 0 Å². The highest BCUT2D eigenvalue weighted by Crippen LogP contribution is 2.19. The molecule has 0 saturated carbocycles. The normalized spacial score (nSPS) is 17.1. The number of nitrogens with zero attached hydrogens (tertiary/aromatic N) is 1. The van der Waals surface area contributed by atoms with Crippen LogP contribution < -0.4 is 10.0 Å². The van der Waals surface area contributed by atoms with Gasteiger partial charge in [-0.25, -0.2) is 8.42 Å². The average Bonchev–Trinajstić information content (AvgIpc) is 2.77. The summed E-state index contributed by atoms with van der Waals surface area (Å²) in [5, 5.41) is 2.95. The van der Waals surface area contributed by atoms with Crippen molar-refractivity contribution in [3.05, 3.63) is 65.2 Å². The minimum atomic E-state index is -3.67. The lowest BCUT2D eigenvalue weighted by Crippen LogP contribution is -2.34. The highest BCUT2D eigenvalue weighted by Gasteiger charge is 2.18. The van der Waals surface area contributed by atoms with Crippen LogP contribution in [-0.2, 0) is 23.1 Å². The van der Waals surface area contributed by atoms with E-state index in [0.717, 1.165) is 25.2 Å². The van der Waals surface area contributed by atoms with Crippen molar-refractivity contribution in [1.82, 2.24) is 14.9 Å². The Kier molecular flexibility index (Phi) is 7.85. The SMILES string of the molecule is C#CCNS(=O)(=O)c1ccc(C(=O)NCc2ccccc2CN2CCCC(C)C2)cc1. The van der Waals surface area contributed by atoms with Crippen molar-refractivity contribution in [3.8, 4) is 12.3 Å². The van der Waals surface area contributed by atoms with Gasteiger partial charge in [-0.2, -0.15) is 4.72 Å². The van der Waals surface area contributed by atoms with E-state index in [2.05, 4.69) is 33.8 Å². The first-order valence-electron chi connectivity index (χ1n) is 10.5. The van der Waals surface area contributed by atoms with E-state index in [1.807, 2.05) is 18.2 Å². The van der Waals surface area contributed by atoms with E-state index in [0.29, 0.717) is 18.0 Å². The molecule has 1 aliphatic heterocycles. The Bertz CT molecular complexity index is 1040. The summed E-state index contributed by atoms with van der Waals surface area (Å²) in [5.41, 5.74) is 2.71. The van der Waals surface area contributed by atoms with Crippen molar-refractivity contribution in [1.29, 1.82) is 0 Å². The molecular weight excluding hydrogens is 410 g/mol. The standard InChI is InChI=1S/C24H29N3O3S/c1-3-14-26-31(29,30)23-12-10-20(11-13-23)24(28)25-16-21-8-4-5-9-22(21)18-27-15-6-7-19(2)17-27/h1,4-5,8-13,19,26H,6-7,14-18H2,2H3,(H,25,28). The van der Waals surface area contributed by atoms with E-state index in [4.69, 9.17) is 6.42 Å². The molecule has 0 aromatic heterocycles. The first kappa shape index (κ1) is 23.0. The summed E-state index contributed by atoms with van der Waals surface area (Å²) in [4.78, 5) is 15.1. The monoisotopic (exact) mass is 439 g/mol. The van der Waals surface area contributed by atoms with Crippen LogP contribution in [0, 0.1) is 18.3 Å². The third-order valence-electron chi connectivity index (χ3n) is 5.48. The molecule has 6 nitrogen and oxygen atoms in total. The summed E-state index contributed by atoms with van der Waals surface area (Å²) >= 11 is 0.